The van der Waals surface area contributed by atoms with E-state index in [1.165, 1.54) is 12.1 Å². The van der Waals surface area contributed by atoms with Gasteiger partial charge in [0.25, 0.3) is 0 Å². The lowest BCUT2D eigenvalue weighted by atomic mass is 10.2. The van der Waals surface area contributed by atoms with Gasteiger partial charge in [-0.3, -0.25) is 4.98 Å². The van der Waals surface area contributed by atoms with Gasteiger partial charge in [-0.2, -0.15) is 0 Å². The third-order valence-electron chi connectivity index (χ3n) is 2.72. The lowest BCUT2D eigenvalue weighted by Crippen LogP contribution is -2.21. The Balaban J connectivity index is 2.17. The Labute approximate surface area is 129 Å². The van der Waals surface area contributed by atoms with Crippen LogP contribution >= 0.6 is 15.9 Å². The average Bonchev–Trinajstić information content (AvgIpc) is 2.43. The molecule has 0 radical (unpaired) electrons. The van der Waals surface area contributed by atoms with Gasteiger partial charge >= 0.3 is 12.0 Å². The number of carboxylic acid groups (broad SMARTS) is 1. The first-order valence-corrected chi connectivity index (χ1v) is 6.79. The SMILES string of the molecule is Cc1ncccc1NC(=O)Nc1ccc(Br)cc1C(=O)O. The molecule has 6 nitrogen and oxygen atoms in total. The number of carboxylic acids is 1. The molecule has 2 rings (SSSR count). The van der Waals surface area contributed by atoms with Gasteiger partial charge in [-0.05, 0) is 37.3 Å². The summed E-state index contributed by atoms with van der Waals surface area (Å²) in [5.41, 5.74) is 1.44. The molecule has 7 heteroatoms. The van der Waals surface area contributed by atoms with Crippen LogP contribution in [-0.4, -0.2) is 22.1 Å². The molecular formula is C14H12BrN3O3. The fourth-order valence-corrected chi connectivity index (χ4v) is 2.06. The number of urea groups is 1. The topological polar surface area (TPSA) is 91.3 Å². The zero-order valence-corrected chi connectivity index (χ0v) is 12.6. The van der Waals surface area contributed by atoms with Gasteiger partial charge in [0, 0.05) is 10.7 Å². The highest BCUT2D eigenvalue weighted by molar-refractivity contribution is 9.10. The second-order valence-corrected chi connectivity index (χ2v) is 5.13. The number of nitrogens with zero attached hydrogens (tertiary/aromatic N) is 1. The van der Waals surface area contributed by atoms with Crippen LogP contribution in [0.2, 0.25) is 0 Å². The van der Waals surface area contributed by atoms with Crippen LogP contribution in [0.5, 0.6) is 0 Å². The Kier molecular flexibility index (Phi) is 4.54. The van der Waals surface area contributed by atoms with Crippen molar-refractivity contribution in [2.24, 2.45) is 0 Å². The maximum atomic E-state index is 11.9. The molecule has 2 aromatic rings. The number of aromatic nitrogens is 1. The third-order valence-corrected chi connectivity index (χ3v) is 3.21. The van der Waals surface area contributed by atoms with E-state index in [1.807, 2.05) is 0 Å². The van der Waals surface area contributed by atoms with Gasteiger partial charge in [0.2, 0.25) is 0 Å². The number of benzene rings is 1. The molecule has 0 saturated carbocycles. The number of pyridine rings is 1. The monoisotopic (exact) mass is 349 g/mol. The molecule has 1 aromatic heterocycles. The summed E-state index contributed by atoms with van der Waals surface area (Å²) in [7, 11) is 0. The largest absolute Gasteiger partial charge is 0.478 e. The predicted octanol–water partition coefficient (Wildman–Crippen LogP) is 3.49. The summed E-state index contributed by atoms with van der Waals surface area (Å²) in [5.74, 6) is -1.12. The van der Waals surface area contributed by atoms with Crippen molar-refractivity contribution in [1.29, 1.82) is 0 Å². The van der Waals surface area contributed by atoms with Gasteiger partial charge < -0.3 is 15.7 Å². The summed E-state index contributed by atoms with van der Waals surface area (Å²) < 4.78 is 0.619. The molecule has 0 saturated heterocycles. The van der Waals surface area contributed by atoms with Crippen LogP contribution in [-0.2, 0) is 0 Å². The molecule has 0 bridgehead atoms. The van der Waals surface area contributed by atoms with Gasteiger partial charge in [-0.15, -0.1) is 0 Å². The Morgan fingerprint density at radius 3 is 2.57 bits per heavy atom. The maximum Gasteiger partial charge on any atom is 0.337 e. The summed E-state index contributed by atoms with van der Waals surface area (Å²) in [6.45, 7) is 1.76. The molecular weight excluding hydrogens is 338 g/mol. The number of aromatic carboxylic acids is 1. The highest BCUT2D eigenvalue weighted by atomic mass is 79.9. The highest BCUT2D eigenvalue weighted by Crippen LogP contribution is 2.21. The zero-order valence-electron chi connectivity index (χ0n) is 11.1. The van der Waals surface area contributed by atoms with E-state index in [9.17, 15) is 9.59 Å². The molecule has 0 fully saturated rings. The summed E-state index contributed by atoms with van der Waals surface area (Å²) in [5, 5.41) is 14.3. The van der Waals surface area contributed by atoms with Crippen LogP contribution in [0.1, 0.15) is 16.1 Å². The first-order chi connectivity index (χ1) is 9.97. The van der Waals surface area contributed by atoms with Gasteiger partial charge in [0.05, 0.1) is 22.6 Å². The zero-order chi connectivity index (χ0) is 15.4. The lowest BCUT2D eigenvalue weighted by Gasteiger charge is -2.11. The summed E-state index contributed by atoms with van der Waals surface area (Å²) in [6.07, 6.45) is 1.62. The standard InChI is InChI=1S/C14H12BrN3O3/c1-8-11(3-2-6-16-8)17-14(21)18-12-5-4-9(15)7-10(12)13(19)20/h2-7H,1H3,(H,19,20)(H2,17,18,21). The van der Waals surface area contributed by atoms with Crippen molar-refractivity contribution in [3.05, 3.63) is 52.3 Å². The Hall–Kier alpha value is -2.41. The molecule has 108 valence electrons. The number of carbonyl (C=O) groups excluding carboxylic acids is 1. The minimum atomic E-state index is -1.12. The second-order valence-electron chi connectivity index (χ2n) is 4.21. The van der Waals surface area contributed by atoms with E-state index in [0.29, 0.717) is 15.9 Å². The molecule has 0 aliphatic heterocycles. The van der Waals surface area contributed by atoms with Crippen molar-refractivity contribution in [2.75, 3.05) is 10.6 Å². The van der Waals surface area contributed by atoms with Gasteiger partial charge in [0.15, 0.2) is 0 Å². The normalized spacial score (nSPS) is 10.0. The number of hydrogen-bond donors (Lipinski definition) is 3. The summed E-state index contributed by atoms with van der Waals surface area (Å²) in [4.78, 5) is 27.2. The minimum absolute atomic E-state index is 0.00225. The van der Waals surface area contributed by atoms with Crippen LogP contribution in [0.25, 0.3) is 0 Å². The van der Waals surface area contributed by atoms with Crippen LogP contribution in [0, 0.1) is 6.92 Å². The quantitative estimate of drug-likeness (QED) is 0.790. The molecule has 1 aromatic carbocycles. The fraction of sp³-hybridized carbons (Fsp3) is 0.0714. The van der Waals surface area contributed by atoms with Gasteiger partial charge in [-0.25, -0.2) is 9.59 Å². The van der Waals surface area contributed by atoms with Crippen LogP contribution in [0.3, 0.4) is 0 Å². The number of amides is 2. The molecule has 21 heavy (non-hydrogen) atoms. The van der Waals surface area contributed by atoms with Crippen molar-refractivity contribution in [3.8, 4) is 0 Å². The Morgan fingerprint density at radius 2 is 1.90 bits per heavy atom. The number of nitrogens with one attached hydrogen (secondary N) is 2. The number of halogens is 1. The van der Waals surface area contributed by atoms with E-state index >= 15 is 0 Å². The predicted molar refractivity (Wildman–Crippen MR) is 82.7 cm³/mol. The van der Waals surface area contributed by atoms with Gasteiger partial charge in [0.1, 0.15) is 0 Å². The van der Waals surface area contributed by atoms with Crippen LogP contribution < -0.4 is 10.6 Å². The summed E-state index contributed by atoms with van der Waals surface area (Å²) >= 11 is 3.19. The molecule has 0 spiro atoms. The van der Waals surface area contributed by atoms with Crippen LogP contribution in [0.15, 0.2) is 41.0 Å². The number of carbonyl (C=O) groups is 2. The van der Waals surface area contributed by atoms with Crippen molar-refractivity contribution >= 4 is 39.3 Å². The third kappa shape index (κ3) is 3.79. The van der Waals surface area contributed by atoms with E-state index < -0.39 is 12.0 Å². The molecule has 0 atom stereocenters. The molecule has 0 aliphatic rings. The van der Waals surface area contributed by atoms with Crippen LogP contribution in [0.4, 0.5) is 16.2 Å². The summed E-state index contributed by atoms with van der Waals surface area (Å²) in [6, 6.07) is 7.47. The average molecular weight is 350 g/mol. The Bertz CT molecular complexity index is 704. The van der Waals surface area contributed by atoms with E-state index in [0.717, 1.165) is 0 Å². The number of rotatable bonds is 3. The van der Waals surface area contributed by atoms with Crippen molar-refractivity contribution in [2.45, 2.75) is 6.92 Å². The Morgan fingerprint density at radius 1 is 1.19 bits per heavy atom. The van der Waals surface area contributed by atoms with E-state index in [4.69, 9.17) is 5.11 Å². The number of hydrogen-bond acceptors (Lipinski definition) is 3. The van der Waals surface area contributed by atoms with Crippen molar-refractivity contribution < 1.29 is 14.7 Å². The first-order valence-electron chi connectivity index (χ1n) is 6.00. The number of aryl methyl sites for hydroxylation is 1. The van der Waals surface area contributed by atoms with E-state index in [-0.39, 0.29) is 11.3 Å². The first kappa shape index (κ1) is 15.0. The smallest absolute Gasteiger partial charge is 0.337 e. The maximum absolute atomic E-state index is 11.9. The molecule has 2 amide bonds. The van der Waals surface area contributed by atoms with Crippen molar-refractivity contribution in [3.63, 3.8) is 0 Å². The fourth-order valence-electron chi connectivity index (χ4n) is 1.69. The van der Waals surface area contributed by atoms with E-state index in [1.54, 1.807) is 31.3 Å². The van der Waals surface area contributed by atoms with Crippen molar-refractivity contribution in [1.82, 2.24) is 4.98 Å². The lowest BCUT2D eigenvalue weighted by molar-refractivity contribution is 0.0698. The molecule has 1 heterocycles. The van der Waals surface area contributed by atoms with Gasteiger partial charge in [-0.1, -0.05) is 15.9 Å². The molecule has 0 unspecified atom stereocenters. The molecule has 3 N–H and O–H groups in total. The highest BCUT2D eigenvalue weighted by Gasteiger charge is 2.13. The van der Waals surface area contributed by atoms with E-state index in [2.05, 4.69) is 31.5 Å². The number of anilines is 2. The minimum Gasteiger partial charge on any atom is -0.478 e. The second kappa shape index (κ2) is 6.36. The molecule has 0 aliphatic carbocycles.